The molecule has 0 amide bonds. The maximum atomic E-state index is 10.3. The number of aliphatic hydroxyl groups excluding tert-OH is 1. The summed E-state index contributed by atoms with van der Waals surface area (Å²) in [6, 6.07) is 0. The molecular weight excluding hydrogens is 244 g/mol. The predicted octanol–water partition coefficient (Wildman–Crippen LogP) is 3.55. The van der Waals surface area contributed by atoms with Gasteiger partial charge in [0.2, 0.25) is 0 Å². The second-order valence-electron chi connectivity index (χ2n) is 5.06. The zero-order valence-electron chi connectivity index (χ0n) is 12.9. The lowest BCUT2D eigenvalue weighted by molar-refractivity contribution is -0.401. The van der Waals surface area contributed by atoms with Crippen molar-refractivity contribution < 1.29 is 19.7 Å². The first kappa shape index (κ1) is 18.8. The lowest BCUT2D eigenvalue weighted by Gasteiger charge is -2.30. The average molecular weight is 276 g/mol. The number of rotatable bonds is 13. The molecule has 0 fully saturated rings. The molecule has 4 nitrogen and oxygen atoms in total. The molecular formula is C15H32O4. The van der Waals surface area contributed by atoms with Gasteiger partial charge in [-0.05, 0) is 19.3 Å². The van der Waals surface area contributed by atoms with Gasteiger partial charge in [-0.1, -0.05) is 52.9 Å². The van der Waals surface area contributed by atoms with Gasteiger partial charge < -0.3 is 14.9 Å². The van der Waals surface area contributed by atoms with Crippen LogP contribution in [-0.4, -0.2) is 29.1 Å². The van der Waals surface area contributed by atoms with E-state index in [4.69, 9.17) is 9.47 Å². The lowest BCUT2D eigenvalue weighted by atomic mass is 10.2. The Hall–Kier alpha value is -0.160. The van der Waals surface area contributed by atoms with Crippen LogP contribution in [0.4, 0.5) is 0 Å². The zero-order chi connectivity index (χ0) is 14.6. The Kier molecular flexibility index (Phi) is 11.6. The molecule has 0 bridgehead atoms. The Morgan fingerprint density at radius 3 is 2.16 bits per heavy atom. The minimum atomic E-state index is -1.63. The molecule has 0 aliphatic rings. The van der Waals surface area contributed by atoms with Crippen LogP contribution in [0.15, 0.2) is 0 Å². The van der Waals surface area contributed by atoms with E-state index in [-0.39, 0.29) is 0 Å². The van der Waals surface area contributed by atoms with Gasteiger partial charge in [0.05, 0.1) is 6.61 Å². The summed E-state index contributed by atoms with van der Waals surface area (Å²) in [5, 5.41) is 19.8. The molecule has 19 heavy (non-hydrogen) atoms. The SMILES string of the molecule is CCCCCCOC(O)(CCCCC)OC(O)CC. The van der Waals surface area contributed by atoms with Crippen LogP contribution < -0.4 is 0 Å². The van der Waals surface area contributed by atoms with Crippen LogP contribution >= 0.6 is 0 Å². The summed E-state index contributed by atoms with van der Waals surface area (Å²) in [5.41, 5.74) is 0. The van der Waals surface area contributed by atoms with Crippen molar-refractivity contribution in [3.8, 4) is 0 Å². The molecule has 0 aromatic rings. The maximum Gasteiger partial charge on any atom is 0.282 e. The van der Waals surface area contributed by atoms with Gasteiger partial charge in [0.25, 0.3) is 5.97 Å². The fraction of sp³-hybridized carbons (Fsp3) is 1.00. The lowest BCUT2D eigenvalue weighted by Crippen LogP contribution is -2.39. The monoisotopic (exact) mass is 276 g/mol. The van der Waals surface area contributed by atoms with Gasteiger partial charge in [-0.2, -0.15) is 0 Å². The number of aliphatic hydroxyl groups is 2. The molecule has 2 unspecified atom stereocenters. The first-order valence-electron chi connectivity index (χ1n) is 7.80. The third-order valence-corrected chi connectivity index (χ3v) is 3.09. The Morgan fingerprint density at radius 2 is 1.58 bits per heavy atom. The van der Waals surface area contributed by atoms with E-state index in [1.54, 1.807) is 6.92 Å². The van der Waals surface area contributed by atoms with Crippen LogP contribution in [-0.2, 0) is 9.47 Å². The Balaban J connectivity index is 4.07. The molecule has 2 atom stereocenters. The standard InChI is InChI=1S/C15H32O4/c1-4-7-9-11-13-18-15(17,12-10-8-5-2)19-14(16)6-3/h14,16-17H,4-13H2,1-3H3. The second kappa shape index (κ2) is 11.6. The third-order valence-electron chi connectivity index (χ3n) is 3.09. The highest BCUT2D eigenvalue weighted by Crippen LogP contribution is 2.21. The van der Waals surface area contributed by atoms with Gasteiger partial charge in [-0.15, -0.1) is 0 Å². The van der Waals surface area contributed by atoms with Crippen molar-refractivity contribution in [2.45, 2.75) is 90.8 Å². The smallest absolute Gasteiger partial charge is 0.282 e. The molecule has 116 valence electrons. The van der Waals surface area contributed by atoms with Crippen molar-refractivity contribution in [1.82, 2.24) is 0 Å². The van der Waals surface area contributed by atoms with Gasteiger partial charge in [-0.3, -0.25) is 4.74 Å². The molecule has 0 saturated carbocycles. The van der Waals surface area contributed by atoms with Gasteiger partial charge in [0.15, 0.2) is 6.29 Å². The summed E-state index contributed by atoms with van der Waals surface area (Å²) in [5.74, 6) is -1.63. The minimum Gasteiger partial charge on any atom is -0.368 e. The molecule has 0 aromatic heterocycles. The zero-order valence-corrected chi connectivity index (χ0v) is 12.9. The van der Waals surface area contributed by atoms with E-state index < -0.39 is 12.3 Å². The van der Waals surface area contributed by atoms with Gasteiger partial charge >= 0.3 is 0 Å². The molecule has 0 aliphatic heterocycles. The van der Waals surface area contributed by atoms with Crippen molar-refractivity contribution in [3.05, 3.63) is 0 Å². The Morgan fingerprint density at radius 1 is 0.947 bits per heavy atom. The highest BCUT2D eigenvalue weighted by atomic mass is 16.8. The van der Waals surface area contributed by atoms with Crippen molar-refractivity contribution >= 4 is 0 Å². The summed E-state index contributed by atoms with van der Waals surface area (Å²) in [6.07, 6.45) is 7.16. The number of hydrogen-bond acceptors (Lipinski definition) is 4. The molecule has 0 aliphatic carbocycles. The van der Waals surface area contributed by atoms with Crippen LogP contribution in [0.25, 0.3) is 0 Å². The minimum absolute atomic E-state index is 0.408. The van der Waals surface area contributed by atoms with Crippen LogP contribution in [0, 0.1) is 0 Å². The summed E-state index contributed by atoms with van der Waals surface area (Å²) < 4.78 is 10.7. The maximum absolute atomic E-state index is 10.3. The van der Waals surface area contributed by atoms with Crippen LogP contribution in [0.2, 0.25) is 0 Å². The second-order valence-corrected chi connectivity index (χ2v) is 5.06. The van der Waals surface area contributed by atoms with E-state index in [2.05, 4.69) is 13.8 Å². The first-order chi connectivity index (χ1) is 9.08. The van der Waals surface area contributed by atoms with E-state index >= 15 is 0 Å². The third kappa shape index (κ3) is 10.3. The first-order valence-corrected chi connectivity index (χ1v) is 7.80. The molecule has 0 radical (unpaired) electrons. The van der Waals surface area contributed by atoms with Crippen molar-refractivity contribution in [3.63, 3.8) is 0 Å². The number of unbranched alkanes of at least 4 members (excludes halogenated alkanes) is 5. The van der Waals surface area contributed by atoms with Crippen LogP contribution in [0.1, 0.15) is 78.6 Å². The molecule has 4 heteroatoms. The van der Waals surface area contributed by atoms with Gasteiger partial charge in [-0.25, -0.2) is 0 Å². The van der Waals surface area contributed by atoms with E-state index in [1.165, 1.54) is 12.8 Å². The number of ether oxygens (including phenoxy) is 2. The predicted molar refractivity (Wildman–Crippen MR) is 76.6 cm³/mol. The van der Waals surface area contributed by atoms with Crippen molar-refractivity contribution in [2.75, 3.05) is 6.61 Å². The summed E-state index contributed by atoms with van der Waals surface area (Å²) in [6.45, 7) is 6.53. The van der Waals surface area contributed by atoms with Crippen LogP contribution in [0.3, 0.4) is 0 Å². The average Bonchev–Trinajstić information content (AvgIpc) is 2.38. The molecule has 2 N–H and O–H groups in total. The normalized spacial score (nSPS) is 16.3. The number of hydrogen-bond donors (Lipinski definition) is 2. The Bertz CT molecular complexity index is 199. The van der Waals surface area contributed by atoms with E-state index in [1.807, 2.05) is 0 Å². The molecule has 0 aromatic carbocycles. The molecule has 0 heterocycles. The van der Waals surface area contributed by atoms with Crippen molar-refractivity contribution in [2.24, 2.45) is 0 Å². The highest BCUT2D eigenvalue weighted by Gasteiger charge is 2.31. The molecule has 0 spiro atoms. The van der Waals surface area contributed by atoms with E-state index in [0.29, 0.717) is 19.4 Å². The van der Waals surface area contributed by atoms with E-state index in [0.717, 1.165) is 32.1 Å². The summed E-state index contributed by atoms with van der Waals surface area (Å²) >= 11 is 0. The molecule has 0 saturated heterocycles. The van der Waals surface area contributed by atoms with E-state index in [9.17, 15) is 10.2 Å². The largest absolute Gasteiger partial charge is 0.368 e. The summed E-state index contributed by atoms with van der Waals surface area (Å²) in [4.78, 5) is 0. The van der Waals surface area contributed by atoms with Crippen molar-refractivity contribution in [1.29, 1.82) is 0 Å². The topological polar surface area (TPSA) is 58.9 Å². The van der Waals surface area contributed by atoms with Gasteiger partial charge in [0.1, 0.15) is 0 Å². The fourth-order valence-electron chi connectivity index (χ4n) is 1.82. The molecule has 0 rings (SSSR count). The summed E-state index contributed by atoms with van der Waals surface area (Å²) in [7, 11) is 0. The highest BCUT2D eigenvalue weighted by molar-refractivity contribution is 4.57. The Labute approximate surface area is 118 Å². The van der Waals surface area contributed by atoms with Crippen LogP contribution in [0.5, 0.6) is 0 Å². The fourth-order valence-corrected chi connectivity index (χ4v) is 1.82. The quantitative estimate of drug-likeness (QED) is 0.399. The van der Waals surface area contributed by atoms with Gasteiger partial charge in [0, 0.05) is 6.42 Å².